The van der Waals surface area contributed by atoms with Gasteiger partial charge >= 0.3 is 0 Å². The lowest BCUT2D eigenvalue weighted by Crippen LogP contribution is -2.52. The minimum atomic E-state index is -0.605. The van der Waals surface area contributed by atoms with Crippen molar-refractivity contribution in [2.24, 2.45) is 11.8 Å². The van der Waals surface area contributed by atoms with E-state index >= 15 is 0 Å². The van der Waals surface area contributed by atoms with Crippen LogP contribution in [0, 0.1) is 11.8 Å². The molecule has 1 aromatic rings. The first kappa shape index (κ1) is 31.5. The molecule has 3 saturated carbocycles. The van der Waals surface area contributed by atoms with Crippen molar-refractivity contribution in [1.82, 2.24) is 15.1 Å². The van der Waals surface area contributed by atoms with Crippen LogP contribution in [0.4, 0.5) is 0 Å². The summed E-state index contributed by atoms with van der Waals surface area (Å²) in [6.07, 6.45) is 15.7. The van der Waals surface area contributed by atoms with E-state index in [1.54, 1.807) is 4.90 Å². The average molecular weight is 610 g/mol. The van der Waals surface area contributed by atoms with E-state index in [0.717, 1.165) is 62.9 Å². The van der Waals surface area contributed by atoms with Crippen LogP contribution in [0.1, 0.15) is 106 Å². The zero-order chi connectivity index (χ0) is 30.6. The summed E-state index contributed by atoms with van der Waals surface area (Å²) in [5.74, 6) is 1.41. The molecule has 1 unspecified atom stereocenters. The van der Waals surface area contributed by atoms with Crippen molar-refractivity contribution in [2.45, 2.75) is 127 Å². The summed E-state index contributed by atoms with van der Waals surface area (Å²) >= 11 is 0. The molecule has 6 rings (SSSR count). The zero-order valence-electron chi connectivity index (χ0n) is 26.6. The molecule has 2 aliphatic heterocycles. The maximum absolute atomic E-state index is 13.2. The number of rotatable bonds is 10. The molecule has 242 valence electrons. The number of piperidine rings is 1. The van der Waals surface area contributed by atoms with E-state index in [1.165, 1.54) is 38.5 Å². The molecule has 9 nitrogen and oxygen atoms in total. The molecule has 9 heteroatoms. The van der Waals surface area contributed by atoms with E-state index in [2.05, 4.69) is 10.2 Å². The number of fused-ring (bicyclic) bond motifs is 1. The number of carbonyl (C=O) groups excluding carboxylic acids is 3. The molecular formula is C35H51N3O6. The van der Waals surface area contributed by atoms with Crippen LogP contribution in [0.15, 0.2) is 18.2 Å². The molecule has 1 saturated heterocycles. The summed E-state index contributed by atoms with van der Waals surface area (Å²) in [4.78, 5) is 41.8. The molecular weight excluding hydrogens is 558 g/mol. The van der Waals surface area contributed by atoms with Crippen LogP contribution in [-0.2, 0) is 25.6 Å². The first-order valence-electron chi connectivity index (χ1n) is 17.2. The lowest BCUT2D eigenvalue weighted by atomic mass is 9.83. The fraction of sp³-hybridized carbons (Fsp3) is 0.743. The predicted octanol–water partition coefficient (Wildman–Crippen LogP) is 4.85. The molecule has 0 bridgehead atoms. The fourth-order valence-electron chi connectivity index (χ4n) is 8.54. The standard InChI is InChI=1S/C35H51N3O6/c1-42-26-11-7-23(8-12-26)20-37(21-24-9-13-27(43-2)14-10-24)30-5-3-4-6-32(30)44-28-15-16-29-25(19-28)22-38(35(29)41)31-17-18-33(39)36-34(31)40/h15-16,19,23-24,26-27,30-32H,3-14,17-18,20-22H2,1-2H3,(H,36,39,40)/t23-,24-,26-,27-,30-,31?,32-/m0/s1. The van der Waals surface area contributed by atoms with Crippen molar-refractivity contribution in [2.75, 3.05) is 27.3 Å². The van der Waals surface area contributed by atoms with Gasteiger partial charge < -0.3 is 19.1 Å². The fourth-order valence-corrected chi connectivity index (χ4v) is 8.54. The topological polar surface area (TPSA) is 97.4 Å². The van der Waals surface area contributed by atoms with Gasteiger partial charge in [0.1, 0.15) is 17.9 Å². The Morgan fingerprint density at radius 2 is 1.45 bits per heavy atom. The highest BCUT2D eigenvalue weighted by atomic mass is 16.5. The molecule has 1 N–H and O–H groups in total. The smallest absolute Gasteiger partial charge is 0.255 e. The van der Waals surface area contributed by atoms with Crippen LogP contribution in [-0.4, -0.2) is 85.2 Å². The van der Waals surface area contributed by atoms with Crippen LogP contribution in [0.5, 0.6) is 5.75 Å². The van der Waals surface area contributed by atoms with E-state index in [4.69, 9.17) is 14.2 Å². The van der Waals surface area contributed by atoms with Crippen molar-refractivity contribution in [3.05, 3.63) is 29.3 Å². The lowest BCUT2D eigenvalue weighted by molar-refractivity contribution is -0.136. The summed E-state index contributed by atoms with van der Waals surface area (Å²) in [6.45, 7) is 2.63. The van der Waals surface area contributed by atoms with Gasteiger partial charge in [-0.2, -0.15) is 0 Å². The Kier molecular flexibility index (Phi) is 10.2. The van der Waals surface area contributed by atoms with Gasteiger partial charge in [0.2, 0.25) is 11.8 Å². The van der Waals surface area contributed by atoms with Gasteiger partial charge in [0.05, 0.1) is 12.2 Å². The summed E-state index contributed by atoms with van der Waals surface area (Å²) in [6, 6.07) is 5.56. The minimum absolute atomic E-state index is 0.107. The van der Waals surface area contributed by atoms with Gasteiger partial charge in [0.25, 0.3) is 5.91 Å². The average Bonchev–Trinajstić information content (AvgIpc) is 3.36. The Balaban J connectivity index is 1.15. The molecule has 2 heterocycles. The van der Waals surface area contributed by atoms with Crippen LogP contribution in [0.25, 0.3) is 0 Å². The quantitative estimate of drug-likeness (QED) is 0.379. The Morgan fingerprint density at radius 1 is 0.818 bits per heavy atom. The second kappa shape index (κ2) is 14.3. The third-order valence-corrected chi connectivity index (χ3v) is 11.2. The molecule has 0 radical (unpaired) electrons. The molecule has 44 heavy (non-hydrogen) atoms. The first-order chi connectivity index (χ1) is 21.4. The number of nitrogens with one attached hydrogen (secondary N) is 1. The van der Waals surface area contributed by atoms with Crippen LogP contribution in [0.3, 0.4) is 0 Å². The highest BCUT2D eigenvalue weighted by molar-refractivity contribution is 6.05. The molecule has 3 aliphatic carbocycles. The van der Waals surface area contributed by atoms with Gasteiger partial charge in [-0.15, -0.1) is 0 Å². The third-order valence-electron chi connectivity index (χ3n) is 11.2. The largest absolute Gasteiger partial charge is 0.489 e. The van der Waals surface area contributed by atoms with Gasteiger partial charge in [0, 0.05) is 51.9 Å². The van der Waals surface area contributed by atoms with Gasteiger partial charge in [0.15, 0.2) is 0 Å². The van der Waals surface area contributed by atoms with Crippen molar-refractivity contribution in [3.8, 4) is 5.75 Å². The number of benzene rings is 1. The molecule has 0 aromatic heterocycles. The summed E-state index contributed by atoms with van der Waals surface area (Å²) in [7, 11) is 3.69. The van der Waals surface area contributed by atoms with Gasteiger partial charge in [-0.3, -0.25) is 24.6 Å². The molecule has 5 aliphatic rings. The second-order valence-corrected chi connectivity index (χ2v) is 13.9. The number of hydrogen-bond acceptors (Lipinski definition) is 7. The Bertz CT molecular complexity index is 1150. The number of imide groups is 1. The SMILES string of the molecule is CO[C@H]1CC[C@H](CN(C[C@H]2CC[C@H](OC)CC2)[C@H]2CCCC[C@@H]2Oc2ccc3c(c2)CN(C2CCC(=O)NC2=O)C3=O)CC1. The second-order valence-electron chi connectivity index (χ2n) is 13.9. The lowest BCUT2D eigenvalue weighted by Gasteiger charge is -2.44. The number of carbonyl (C=O) groups is 3. The minimum Gasteiger partial charge on any atom is -0.489 e. The first-order valence-corrected chi connectivity index (χ1v) is 17.2. The van der Waals surface area contributed by atoms with Crippen molar-refractivity contribution in [3.63, 3.8) is 0 Å². The van der Waals surface area contributed by atoms with Crippen LogP contribution < -0.4 is 10.1 Å². The predicted molar refractivity (Wildman–Crippen MR) is 166 cm³/mol. The van der Waals surface area contributed by atoms with Crippen molar-refractivity contribution < 1.29 is 28.6 Å². The maximum Gasteiger partial charge on any atom is 0.255 e. The Hall–Kier alpha value is -2.49. The summed E-state index contributed by atoms with van der Waals surface area (Å²) in [5.41, 5.74) is 1.52. The van der Waals surface area contributed by atoms with Crippen molar-refractivity contribution >= 4 is 17.7 Å². The van der Waals surface area contributed by atoms with E-state index < -0.39 is 6.04 Å². The highest BCUT2D eigenvalue weighted by Gasteiger charge is 2.40. The van der Waals surface area contributed by atoms with E-state index in [9.17, 15) is 14.4 Å². The van der Waals surface area contributed by atoms with Gasteiger partial charge in [-0.25, -0.2) is 0 Å². The summed E-state index contributed by atoms with van der Waals surface area (Å²) in [5, 5.41) is 2.39. The van der Waals surface area contributed by atoms with E-state index in [-0.39, 0.29) is 30.2 Å². The van der Waals surface area contributed by atoms with Gasteiger partial charge in [-0.1, -0.05) is 6.42 Å². The zero-order valence-corrected chi connectivity index (χ0v) is 26.6. The van der Waals surface area contributed by atoms with E-state index in [0.29, 0.717) is 48.6 Å². The number of amides is 3. The van der Waals surface area contributed by atoms with Crippen molar-refractivity contribution in [1.29, 1.82) is 0 Å². The number of ether oxygens (including phenoxy) is 3. The molecule has 0 spiro atoms. The normalized spacial score (nSPS) is 32.9. The summed E-state index contributed by atoms with van der Waals surface area (Å²) < 4.78 is 18.2. The highest BCUT2D eigenvalue weighted by Crippen LogP contribution is 2.36. The Morgan fingerprint density at radius 3 is 2.07 bits per heavy atom. The number of nitrogens with zero attached hydrogens (tertiary/aromatic N) is 2. The van der Waals surface area contributed by atoms with E-state index in [1.807, 2.05) is 32.4 Å². The molecule has 3 atom stereocenters. The maximum atomic E-state index is 13.2. The van der Waals surface area contributed by atoms with Gasteiger partial charge in [-0.05, 0) is 113 Å². The van der Waals surface area contributed by atoms with Crippen LogP contribution >= 0.6 is 0 Å². The molecule has 4 fully saturated rings. The van der Waals surface area contributed by atoms with Crippen LogP contribution in [0.2, 0.25) is 0 Å². The molecule has 3 amide bonds. The monoisotopic (exact) mass is 609 g/mol. The number of methoxy groups -OCH3 is 2. The third kappa shape index (κ3) is 7.15. The molecule has 1 aromatic carbocycles. The number of hydrogen-bond donors (Lipinski definition) is 1. The Labute approximate surface area is 262 Å².